The summed E-state index contributed by atoms with van der Waals surface area (Å²) in [5, 5.41) is 1.36. The lowest BCUT2D eigenvalue weighted by Gasteiger charge is -2.29. The van der Waals surface area contributed by atoms with Gasteiger partial charge in [0.2, 0.25) is 11.8 Å². The molecule has 2 amide bonds. The standard InChI is InChI=1S/C24H25N3O2S/c1-16(18-11-12-18)27(14-17-7-3-2-4-8-17)23(28)15-30-22-13-20(24(25)29)19-9-5-6-10-21(19)26-22/h2-10,13,16,18H,11-12,14-15H2,1H3,(H2,25,29)/t16-/m0/s1. The first-order chi connectivity index (χ1) is 14.5. The third kappa shape index (κ3) is 4.65. The van der Waals surface area contributed by atoms with Crippen molar-refractivity contribution in [3.63, 3.8) is 0 Å². The van der Waals surface area contributed by atoms with E-state index in [4.69, 9.17) is 5.73 Å². The second kappa shape index (κ2) is 8.88. The zero-order valence-corrected chi connectivity index (χ0v) is 17.8. The monoisotopic (exact) mass is 419 g/mol. The smallest absolute Gasteiger partial charge is 0.249 e. The molecule has 0 radical (unpaired) electrons. The largest absolute Gasteiger partial charge is 0.366 e. The highest BCUT2D eigenvalue weighted by molar-refractivity contribution is 7.99. The van der Waals surface area contributed by atoms with Crippen molar-refractivity contribution in [1.82, 2.24) is 9.88 Å². The molecule has 0 bridgehead atoms. The number of thioether (sulfide) groups is 1. The Morgan fingerprint density at radius 3 is 2.53 bits per heavy atom. The van der Waals surface area contributed by atoms with Gasteiger partial charge in [-0.05, 0) is 43.4 Å². The van der Waals surface area contributed by atoms with Crippen molar-refractivity contribution in [2.24, 2.45) is 11.7 Å². The van der Waals surface area contributed by atoms with Gasteiger partial charge in [-0.15, -0.1) is 0 Å². The number of fused-ring (bicyclic) bond motifs is 1. The van der Waals surface area contributed by atoms with Crippen LogP contribution in [-0.4, -0.2) is 33.5 Å². The molecule has 0 aliphatic heterocycles. The van der Waals surface area contributed by atoms with Gasteiger partial charge in [-0.3, -0.25) is 9.59 Å². The van der Waals surface area contributed by atoms with Crippen molar-refractivity contribution in [2.45, 2.75) is 37.4 Å². The van der Waals surface area contributed by atoms with Crippen molar-refractivity contribution in [3.8, 4) is 0 Å². The van der Waals surface area contributed by atoms with Crippen molar-refractivity contribution in [2.75, 3.05) is 5.75 Å². The minimum absolute atomic E-state index is 0.0823. The number of rotatable bonds is 8. The summed E-state index contributed by atoms with van der Waals surface area (Å²) in [6.45, 7) is 2.75. The molecule has 0 saturated heterocycles. The maximum absolute atomic E-state index is 13.2. The van der Waals surface area contributed by atoms with Crippen molar-refractivity contribution in [1.29, 1.82) is 0 Å². The van der Waals surface area contributed by atoms with Gasteiger partial charge in [-0.2, -0.15) is 0 Å². The Balaban J connectivity index is 1.52. The Kier molecular flexibility index (Phi) is 6.04. The maximum Gasteiger partial charge on any atom is 0.249 e. The summed E-state index contributed by atoms with van der Waals surface area (Å²) in [4.78, 5) is 31.7. The van der Waals surface area contributed by atoms with Gasteiger partial charge in [0.05, 0.1) is 21.9 Å². The van der Waals surface area contributed by atoms with E-state index in [2.05, 4.69) is 24.0 Å². The molecule has 1 atom stereocenters. The van der Waals surface area contributed by atoms with Gasteiger partial charge in [-0.25, -0.2) is 4.98 Å². The molecule has 2 aromatic carbocycles. The Labute approximate surface area is 180 Å². The number of primary amides is 1. The van der Waals surface area contributed by atoms with Gasteiger partial charge >= 0.3 is 0 Å². The fraction of sp³-hybridized carbons (Fsp3) is 0.292. The topological polar surface area (TPSA) is 76.3 Å². The van der Waals surface area contributed by atoms with Gasteiger partial charge in [0.1, 0.15) is 0 Å². The van der Waals surface area contributed by atoms with Crippen molar-refractivity contribution in [3.05, 3.63) is 71.8 Å². The number of benzene rings is 2. The predicted octanol–water partition coefficient (Wildman–Crippen LogP) is 4.25. The maximum atomic E-state index is 13.2. The Hall–Kier alpha value is -2.86. The summed E-state index contributed by atoms with van der Waals surface area (Å²) in [6.07, 6.45) is 2.36. The molecule has 1 aliphatic rings. The molecule has 0 spiro atoms. The minimum atomic E-state index is -0.491. The summed E-state index contributed by atoms with van der Waals surface area (Å²) >= 11 is 1.35. The molecule has 30 heavy (non-hydrogen) atoms. The number of hydrogen-bond acceptors (Lipinski definition) is 4. The van der Waals surface area contributed by atoms with E-state index < -0.39 is 5.91 Å². The molecular weight excluding hydrogens is 394 g/mol. The average Bonchev–Trinajstić information content (AvgIpc) is 3.61. The van der Waals surface area contributed by atoms with E-state index in [1.807, 2.05) is 47.4 Å². The normalized spacial score (nSPS) is 14.4. The first-order valence-corrected chi connectivity index (χ1v) is 11.2. The molecule has 1 fully saturated rings. The van der Waals surface area contributed by atoms with Crippen LogP contribution in [0.15, 0.2) is 65.7 Å². The molecule has 4 rings (SSSR count). The van der Waals surface area contributed by atoms with E-state index in [-0.39, 0.29) is 17.7 Å². The van der Waals surface area contributed by atoms with E-state index in [9.17, 15) is 9.59 Å². The highest BCUT2D eigenvalue weighted by Crippen LogP contribution is 2.36. The predicted molar refractivity (Wildman–Crippen MR) is 120 cm³/mol. The number of amides is 2. The SMILES string of the molecule is C[C@@H](C1CC1)N(Cc1ccccc1)C(=O)CSc1cc(C(N)=O)c2ccccc2n1. The molecule has 1 aromatic heterocycles. The number of nitrogens with two attached hydrogens (primary N) is 1. The van der Waals surface area contributed by atoms with E-state index in [0.29, 0.717) is 28.6 Å². The number of carbonyl (C=O) groups excluding carboxylic acids is 2. The van der Waals surface area contributed by atoms with Crippen LogP contribution in [0, 0.1) is 5.92 Å². The van der Waals surface area contributed by atoms with E-state index in [1.54, 1.807) is 6.07 Å². The lowest BCUT2D eigenvalue weighted by atomic mass is 10.1. The second-order valence-corrected chi connectivity index (χ2v) is 8.76. The molecule has 2 N–H and O–H groups in total. The van der Waals surface area contributed by atoms with Crippen LogP contribution in [0.1, 0.15) is 35.7 Å². The first-order valence-electron chi connectivity index (χ1n) is 10.2. The second-order valence-electron chi connectivity index (χ2n) is 7.76. The zero-order valence-electron chi connectivity index (χ0n) is 17.0. The highest BCUT2D eigenvalue weighted by atomic mass is 32.2. The van der Waals surface area contributed by atoms with Crippen LogP contribution in [0.4, 0.5) is 0 Å². The van der Waals surface area contributed by atoms with Crippen LogP contribution in [0.2, 0.25) is 0 Å². The van der Waals surface area contributed by atoms with E-state index in [1.165, 1.54) is 24.6 Å². The van der Waals surface area contributed by atoms with Gasteiger partial charge in [0.25, 0.3) is 0 Å². The van der Waals surface area contributed by atoms with Gasteiger partial charge in [0.15, 0.2) is 0 Å². The van der Waals surface area contributed by atoms with Crippen LogP contribution >= 0.6 is 11.8 Å². The molecule has 3 aromatic rings. The molecule has 0 unspecified atom stereocenters. The fourth-order valence-electron chi connectivity index (χ4n) is 3.72. The molecule has 5 nitrogen and oxygen atoms in total. The Bertz CT molecular complexity index is 1070. The molecule has 6 heteroatoms. The number of nitrogens with zero attached hydrogens (tertiary/aromatic N) is 2. The fourth-order valence-corrected chi connectivity index (χ4v) is 4.52. The zero-order chi connectivity index (χ0) is 21.1. The Morgan fingerprint density at radius 1 is 1.13 bits per heavy atom. The van der Waals surface area contributed by atoms with Crippen molar-refractivity contribution < 1.29 is 9.59 Å². The number of para-hydroxylation sites is 1. The number of aromatic nitrogens is 1. The number of carbonyl (C=O) groups is 2. The quantitative estimate of drug-likeness (QED) is 0.554. The summed E-state index contributed by atoms with van der Waals surface area (Å²) in [6, 6.07) is 19.4. The molecule has 1 aliphatic carbocycles. The van der Waals surface area contributed by atoms with E-state index >= 15 is 0 Å². The van der Waals surface area contributed by atoms with E-state index in [0.717, 1.165) is 10.9 Å². The number of hydrogen-bond donors (Lipinski definition) is 1. The lowest BCUT2D eigenvalue weighted by Crippen LogP contribution is -2.40. The summed E-state index contributed by atoms with van der Waals surface area (Å²) in [5.41, 5.74) is 7.83. The average molecular weight is 420 g/mol. The molecule has 1 heterocycles. The van der Waals surface area contributed by atoms with Crippen LogP contribution in [0.3, 0.4) is 0 Å². The highest BCUT2D eigenvalue weighted by Gasteiger charge is 2.34. The van der Waals surface area contributed by atoms with Gasteiger partial charge < -0.3 is 10.6 Å². The van der Waals surface area contributed by atoms with Crippen LogP contribution in [-0.2, 0) is 11.3 Å². The summed E-state index contributed by atoms with van der Waals surface area (Å²) < 4.78 is 0. The Morgan fingerprint density at radius 2 is 1.83 bits per heavy atom. The molecule has 154 valence electrons. The number of pyridine rings is 1. The summed E-state index contributed by atoms with van der Waals surface area (Å²) in [5.74, 6) is 0.449. The lowest BCUT2D eigenvalue weighted by molar-refractivity contribution is -0.131. The van der Waals surface area contributed by atoms with Crippen LogP contribution < -0.4 is 5.73 Å². The third-order valence-corrected chi connectivity index (χ3v) is 6.51. The summed E-state index contributed by atoms with van der Waals surface area (Å²) in [7, 11) is 0. The van der Waals surface area contributed by atoms with Crippen LogP contribution in [0.25, 0.3) is 10.9 Å². The minimum Gasteiger partial charge on any atom is -0.366 e. The molecular formula is C24H25N3O2S. The van der Waals surface area contributed by atoms with Gasteiger partial charge in [0, 0.05) is 18.0 Å². The first kappa shape index (κ1) is 20.4. The third-order valence-electron chi connectivity index (χ3n) is 5.61. The van der Waals surface area contributed by atoms with Crippen LogP contribution in [0.5, 0.6) is 0 Å². The molecule has 1 saturated carbocycles. The van der Waals surface area contributed by atoms with Gasteiger partial charge in [-0.1, -0.05) is 60.3 Å². The van der Waals surface area contributed by atoms with Crippen molar-refractivity contribution >= 4 is 34.5 Å².